The van der Waals surface area contributed by atoms with Crippen LogP contribution in [0, 0.1) is 22.7 Å². The van der Waals surface area contributed by atoms with Gasteiger partial charge in [-0.15, -0.1) is 0 Å². The average Bonchev–Trinajstić information content (AvgIpc) is 2.65. The number of hydrogen-bond acceptors (Lipinski definition) is 6. The molecule has 0 aromatic heterocycles. The molecule has 4 fully saturated rings. The Hall–Kier alpha value is -1.14. The quantitative estimate of drug-likeness (QED) is 0.310. The molecule has 2 unspecified atom stereocenters. The highest BCUT2D eigenvalue weighted by Gasteiger charge is 2.60. The Morgan fingerprint density at radius 2 is 1.12 bits per heavy atom. The van der Waals surface area contributed by atoms with Gasteiger partial charge in [0.2, 0.25) is 12.6 Å². The van der Waals surface area contributed by atoms with Gasteiger partial charge in [-0.25, -0.2) is 0 Å². The molecule has 0 aliphatic heterocycles. The lowest BCUT2D eigenvalue weighted by molar-refractivity contribution is -0.303. The number of ether oxygens (including phenoxy) is 4. The van der Waals surface area contributed by atoms with Crippen LogP contribution in [0.5, 0.6) is 0 Å². The van der Waals surface area contributed by atoms with E-state index < -0.39 is 23.4 Å². The SMILES string of the molecule is CCC(C)(C)C(=O)OC(C)OC12CC3CC(C1)CC(OC(C)OC(=O)C(C)(C)CC)(C3)C2. The van der Waals surface area contributed by atoms with Crippen LogP contribution in [0.1, 0.15) is 107 Å². The number of hydrogen-bond donors (Lipinski definition) is 0. The minimum absolute atomic E-state index is 0.220. The second-order valence-electron chi connectivity index (χ2n) is 12.0. The van der Waals surface area contributed by atoms with Gasteiger partial charge in [-0.2, -0.15) is 0 Å². The van der Waals surface area contributed by atoms with E-state index in [9.17, 15) is 9.59 Å². The summed E-state index contributed by atoms with van der Waals surface area (Å²) >= 11 is 0. The van der Waals surface area contributed by atoms with Crippen molar-refractivity contribution in [3.05, 3.63) is 0 Å². The molecule has 0 radical (unpaired) electrons. The van der Waals surface area contributed by atoms with Crippen molar-refractivity contribution in [1.29, 1.82) is 0 Å². The van der Waals surface area contributed by atoms with Crippen molar-refractivity contribution < 1.29 is 28.5 Å². The van der Waals surface area contributed by atoms with Gasteiger partial charge in [-0.1, -0.05) is 13.8 Å². The zero-order valence-corrected chi connectivity index (χ0v) is 21.4. The fourth-order valence-corrected chi connectivity index (χ4v) is 6.03. The molecule has 4 rings (SSSR count). The number of carbonyl (C=O) groups excluding carboxylic acids is 2. The van der Waals surface area contributed by atoms with Crippen molar-refractivity contribution in [2.45, 2.75) is 131 Å². The topological polar surface area (TPSA) is 71.1 Å². The zero-order valence-electron chi connectivity index (χ0n) is 21.4. The molecular formula is C26H44O6. The van der Waals surface area contributed by atoms with Crippen LogP contribution in [0.25, 0.3) is 0 Å². The molecule has 32 heavy (non-hydrogen) atoms. The van der Waals surface area contributed by atoms with Crippen molar-refractivity contribution in [2.75, 3.05) is 0 Å². The first kappa shape index (κ1) is 25.5. The second kappa shape index (κ2) is 8.90. The lowest BCUT2D eigenvalue weighted by Gasteiger charge is -2.61. The highest BCUT2D eigenvalue weighted by Crippen LogP contribution is 2.60. The Morgan fingerprint density at radius 3 is 1.44 bits per heavy atom. The third-order valence-corrected chi connectivity index (χ3v) is 8.20. The van der Waals surface area contributed by atoms with E-state index in [1.807, 2.05) is 55.4 Å². The molecule has 0 amide bonds. The molecule has 0 aromatic rings. The van der Waals surface area contributed by atoms with Crippen molar-refractivity contribution in [2.24, 2.45) is 22.7 Å². The number of carbonyl (C=O) groups is 2. The van der Waals surface area contributed by atoms with Gasteiger partial charge in [0.25, 0.3) is 0 Å². The highest BCUT2D eigenvalue weighted by molar-refractivity contribution is 5.76. The number of rotatable bonds is 10. The lowest BCUT2D eigenvalue weighted by Crippen LogP contribution is -2.62. The summed E-state index contributed by atoms with van der Waals surface area (Å²) in [5.74, 6) is 0.618. The summed E-state index contributed by atoms with van der Waals surface area (Å²) in [6.07, 6.45) is 6.11. The molecule has 6 nitrogen and oxygen atoms in total. The minimum atomic E-state index is -0.595. The minimum Gasteiger partial charge on any atom is -0.436 e. The summed E-state index contributed by atoms with van der Waals surface area (Å²) < 4.78 is 24.4. The lowest BCUT2D eigenvalue weighted by atomic mass is 9.52. The molecule has 6 heteroatoms. The fraction of sp³-hybridized carbons (Fsp3) is 0.923. The van der Waals surface area contributed by atoms with Gasteiger partial charge in [-0.05, 0) is 98.3 Å². The van der Waals surface area contributed by atoms with Gasteiger partial charge in [0.05, 0.1) is 22.0 Å². The smallest absolute Gasteiger partial charge is 0.313 e. The molecule has 0 saturated heterocycles. The average molecular weight is 453 g/mol. The maximum atomic E-state index is 12.5. The van der Waals surface area contributed by atoms with E-state index in [1.54, 1.807) is 0 Å². The highest BCUT2D eigenvalue weighted by atomic mass is 16.7. The standard InChI is InChI=1S/C26H44O6/c1-9-23(5,6)21(27)29-17(3)31-25-12-19-11-20(13-25)15-26(14-19,16-25)32-18(4)30-22(28)24(7,8)10-2/h17-20H,9-16H2,1-8H3. The third-order valence-electron chi connectivity index (χ3n) is 8.20. The van der Waals surface area contributed by atoms with Crippen LogP contribution in [0.15, 0.2) is 0 Å². The van der Waals surface area contributed by atoms with Crippen molar-refractivity contribution in [3.8, 4) is 0 Å². The molecule has 4 aliphatic rings. The van der Waals surface area contributed by atoms with Gasteiger partial charge in [0, 0.05) is 6.42 Å². The van der Waals surface area contributed by atoms with E-state index in [0.29, 0.717) is 11.8 Å². The molecule has 0 N–H and O–H groups in total. The summed E-state index contributed by atoms with van der Waals surface area (Å²) in [7, 11) is 0. The molecular weight excluding hydrogens is 408 g/mol. The monoisotopic (exact) mass is 452 g/mol. The maximum Gasteiger partial charge on any atom is 0.313 e. The van der Waals surface area contributed by atoms with E-state index in [-0.39, 0.29) is 23.1 Å². The fourth-order valence-electron chi connectivity index (χ4n) is 6.03. The Balaban J connectivity index is 1.66. The molecule has 0 aromatic carbocycles. The Labute approximate surface area is 194 Å². The third kappa shape index (κ3) is 5.32. The molecule has 2 atom stereocenters. The first-order chi connectivity index (χ1) is 14.7. The molecule has 4 bridgehead atoms. The summed E-state index contributed by atoms with van der Waals surface area (Å²) in [4.78, 5) is 25.1. The van der Waals surface area contributed by atoms with E-state index >= 15 is 0 Å². The van der Waals surface area contributed by atoms with Crippen LogP contribution >= 0.6 is 0 Å². The van der Waals surface area contributed by atoms with Crippen LogP contribution in [-0.4, -0.2) is 35.7 Å². The predicted octanol–water partition coefficient (Wildman–Crippen LogP) is 5.76. The van der Waals surface area contributed by atoms with Gasteiger partial charge in [0.15, 0.2) is 0 Å². The molecule has 4 saturated carbocycles. The van der Waals surface area contributed by atoms with Crippen LogP contribution in [0.4, 0.5) is 0 Å². The Morgan fingerprint density at radius 1 is 0.781 bits per heavy atom. The largest absolute Gasteiger partial charge is 0.436 e. The van der Waals surface area contributed by atoms with Crippen molar-refractivity contribution in [1.82, 2.24) is 0 Å². The van der Waals surface area contributed by atoms with Gasteiger partial charge in [-0.3, -0.25) is 9.59 Å². The maximum absolute atomic E-state index is 12.5. The van der Waals surface area contributed by atoms with Crippen molar-refractivity contribution >= 4 is 11.9 Å². The van der Waals surface area contributed by atoms with Gasteiger partial charge >= 0.3 is 11.9 Å². The molecule has 4 aliphatic carbocycles. The Bertz CT molecular complexity index is 641. The first-order valence-electron chi connectivity index (χ1n) is 12.5. The number of esters is 2. The second-order valence-corrected chi connectivity index (χ2v) is 12.0. The predicted molar refractivity (Wildman–Crippen MR) is 122 cm³/mol. The van der Waals surface area contributed by atoms with Gasteiger partial charge < -0.3 is 18.9 Å². The summed E-state index contributed by atoms with van der Waals surface area (Å²) in [5, 5.41) is 0. The van der Waals surface area contributed by atoms with E-state index in [0.717, 1.165) is 44.9 Å². The first-order valence-corrected chi connectivity index (χ1v) is 12.5. The van der Waals surface area contributed by atoms with E-state index in [2.05, 4.69) is 0 Å². The van der Waals surface area contributed by atoms with Crippen LogP contribution in [0.2, 0.25) is 0 Å². The normalized spacial score (nSPS) is 33.6. The van der Waals surface area contributed by atoms with Crippen LogP contribution < -0.4 is 0 Å². The zero-order chi connectivity index (χ0) is 23.9. The molecule has 184 valence electrons. The summed E-state index contributed by atoms with van der Waals surface area (Å²) in [6, 6.07) is 0. The van der Waals surface area contributed by atoms with Crippen LogP contribution in [-0.2, 0) is 28.5 Å². The molecule has 0 heterocycles. The van der Waals surface area contributed by atoms with Crippen molar-refractivity contribution in [3.63, 3.8) is 0 Å². The summed E-state index contributed by atoms with van der Waals surface area (Å²) in [5.41, 5.74) is -1.72. The van der Waals surface area contributed by atoms with E-state index in [1.165, 1.54) is 6.42 Å². The summed E-state index contributed by atoms with van der Waals surface area (Å²) in [6.45, 7) is 15.2. The van der Waals surface area contributed by atoms with Crippen LogP contribution in [0.3, 0.4) is 0 Å². The van der Waals surface area contributed by atoms with E-state index in [4.69, 9.17) is 18.9 Å². The Kier molecular flexibility index (Phi) is 7.09. The van der Waals surface area contributed by atoms with Gasteiger partial charge in [0.1, 0.15) is 0 Å². The molecule has 0 spiro atoms.